The number of ether oxygens (including phenoxy) is 2. The lowest BCUT2D eigenvalue weighted by Crippen LogP contribution is -2.48. The van der Waals surface area contributed by atoms with E-state index in [1.165, 1.54) is 20.3 Å². The lowest BCUT2D eigenvalue weighted by atomic mass is 10.1. The van der Waals surface area contributed by atoms with Crippen LogP contribution in [-0.4, -0.2) is 50.1 Å². The van der Waals surface area contributed by atoms with Gasteiger partial charge in [-0.3, -0.25) is 9.59 Å². The smallest absolute Gasteiger partial charge is 0.330 e. The van der Waals surface area contributed by atoms with E-state index in [0.29, 0.717) is 6.42 Å². The van der Waals surface area contributed by atoms with Gasteiger partial charge in [0, 0.05) is 12.5 Å². The normalized spacial score (nSPS) is 19.0. The molecule has 116 valence electrons. The standard InChI is InChI=1S/C13H18N2O6/c1-20-11(17)5-3-4-9(13(19)21-2)15-12(18)8-6-7-10(16)14-8/h3,5,8-9H,4,6-7H2,1-2H3,(H,14,16)(H,15,18)/b5-3+/t8-,9+/m1/s1. The van der Waals surface area contributed by atoms with Gasteiger partial charge in [0.25, 0.3) is 0 Å². The Bertz CT molecular complexity index is 460. The SMILES string of the molecule is COC(=O)/C=C/C[C@H](NC(=O)[C@H]1CCC(=O)N1)C(=O)OC. The lowest BCUT2D eigenvalue weighted by molar-refractivity contribution is -0.145. The molecule has 0 unspecified atom stereocenters. The van der Waals surface area contributed by atoms with Crippen molar-refractivity contribution in [2.45, 2.75) is 31.3 Å². The second kappa shape index (κ2) is 8.03. The van der Waals surface area contributed by atoms with Crippen LogP contribution in [0.15, 0.2) is 12.2 Å². The molecule has 1 aliphatic rings. The van der Waals surface area contributed by atoms with E-state index in [-0.39, 0.29) is 18.7 Å². The van der Waals surface area contributed by atoms with Crippen LogP contribution in [0, 0.1) is 0 Å². The Labute approximate surface area is 121 Å². The Balaban J connectivity index is 2.59. The van der Waals surface area contributed by atoms with Gasteiger partial charge in [-0.25, -0.2) is 9.59 Å². The van der Waals surface area contributed by atoms with Crippen LogP contribution in [0.5, 0.6) is 0 Å². The van der Waals surface area contributed by atoms with Crippen LogP contribution < -0.4 is 10.6 Å². The predicted octanol–water partition coefficient (Wildman–Crippen LogP) is -0.958. The molecule has 0 spiro atoms. The van der Waals surface area contributed by atoms with Crippen LogP contribution >= 0.6 is 0 Å². The van der Waals surface area contributed by atoms with Crippen molar-refractivity contribution in [3.05, 3.63) is 12.2 Å². The summed E-state index contributed by atoms with van der Waals surface area (Å²) in [5, 5.41) is 4.99. The van der Waals surface area contributed by atoms with E-state index in [9.17, 15) is 19.2 Å². The fourth-order valence-electron chi connectivity index (χ4n) is 1.81. The molecular formula is C13H18N2O6. The summed E-state index contributed by atoms with van der Waals surface area (Å²) >= 11 is 0. The van der Waals surface area contributed by atoms with Gasteiger partial charge in [0.05, 0.1) is 14.2 Å². The first-order valence-electron chi connectivity index (χ1n) is 6.40. The molecule has 0 aliphatic carbocycles. The fraction of sp³-hybridized carbons (Fsp3) is 0.538. The van der Waals surface area contributed by atoms with Gasteiger partial charge in [0.2, 0.25) is 11.8 Å². The third kappa shape index (κ3) is 5.25. The molecule has 0 aromatic heterocycles. The highest BCUT2D eigenvalue weighted by molar-refractivity contribution is 5.93. The Morgan fingerprint density at radius 2 is 2.10 bits per heavy atom. The number of methoxy groups -OCH3 is 2. The number of carbonyl (C=O) groups is 4. The van der Waals surface area contributed by atoms with Crippen molar-refractivity contribution < 1.29 is 28.7 Å². The summed E-state index contributed by atoms with van der Waals surface area (Å²) in [5.74, 6) is -1.85. The summed E-state index contributed by atoms with van der Waals surface area (Å²) in [6.45, 7) is 0. The molecule has 2 amide bonds. The molecule has 0 aromatic carbocycles. The second-order valence-corrected chi connectivity index (χ2v) is 4.40. The summed E-state index contributed by atoms with van der Waals surface area (Å²) in [6, 6.07) is -1.57. The third-order valence-electron chi connectivity index (χ3n) is 2.94. The summed E-state index contributed by atoms with van der Waals surface area (Å²) in [7, 11) is 2.43. The first-order chi connectivity index (χ1) is 9.97. The molecule has 0 saturated carbocycles. The molecular weight excluding hydrogens is 280 g/mol. The van der Waals surface area contributed by atoms with Gasteiger partial charge in [-0.1, -0.05) is 6.08 Å². The van der Waals surface area contributed by atoms with Crippen LogP contribution in [0.25, 0.3) is 0 Å². The molecule has 0 radical (unpaired) electrons. The second-order valence-electron chi connectivity index (χ2n) is 4.40. The Kier molecular flexibility index (Phi) is 6.38. The number of amides is 2. The molecule has 1 fully saturated rings. The van der Waals surface area contributed by atoms with E-state index in [1.807, 2.05) is 0 Å². The molecule has 1 aliphatic heterocycles. The van der Waals surface area contributed by atoms with Crippen molar-refractivity contribution in [2.75, 3.05) is 14.2 Å². The molecule has 1 saturated heterocycles. The molecule has 8 heteroatoms. The third-order valence-corrected chi connectivity index (χ3v) is 2.94. The van der Waals surface area contributed by atoms with Gasteiger partial charge in [-0.15, -0.1) is 0 Å². The number of hydrogen-bond donors (Lipinski definition) is 2. The zero-order valence-electron chi connectivity index (χ0n) is 11.9. The molecule has 2 atom stereocenters. The Morgan fingerprint density at radius 3 is 2.62 bits per heavy atom. The van der Waals surface area contributed by atoms with E-state index in [0.717, 1.165) is 6.08 Å². The summed E-state index contributed by atoms with van der Waals surface area (Å²) in [5.41, 5.74) is 0. The number of hydrogen-bond acceptors (Lipinski definition) is 6. The minimum Gasteiger partial charge on any atom is -0.467 e. The van der Waals surface area contributed by atoms with E-state index >= 15 is 0 Å². The van der Waals surface area contributed by atoms with Crippen LogP contribution in [0.4, 0.5) is 0 Å². The number of esters is 2. The average Bonchev–Trinajstić information content (AvgIpc) is 2.91. The van der Waals surface area contributed by atoms with Gasteiger partial charge in [-0.2, -0.15) is 0 Å². The monoisotopic (exact) mass is 298 g/mol. The Hall–Kier alpha value is -2.38. The molecule has 0 aromatic rings. The molecule has 0 bridgehead atoms. The van der Waals surface area contributed by atoms with Gasteiger partial charge in [0.15, 0.2) is 0 Å². The highest BCUT2D eigenvalue weighted by Gasteiger charge is 2.30. The molecule has 21 heavy (non-hydrogen) atoms. The lowest BCUT2D eigenvalue weighted by Gasteiger charge is -2.17. The van der Waals surface area contributed by atoms with Gasteiger partial charge < -0.3 is 20.1 Å². The number of nitrogens with one attached hydrogen (secondary N) is 2. The van der Waals surface area contributed by atoms with Gasteiger partial charge in [0.1, 0.15) is 12.1 Å². The first-order valence-corrected chi connectivity index (χ1v) is 6.40. The summed E-state index contributed by atoms with van der Waals surface area (Å²) < 4.78 is 9.01. The average molecular weight is 298 g/mol. The minimum atomic E-state index is -0.930. The maximum absolute atomic E-state index is 11.9. The van der Waals surface area contributed by atoms with Crippen LogP contribution in [0.2, 0.25) is 0 Å². The molecule has 2 N–H and O–H groups in total. The summed E-state index contributed by atoms with van der Waals surface area (Å²) in [4.78, 5) is 45.5. The van der Waals surface area contributed by atoms with E-state index in [2.05, 4.69) is 20.1 Å². The highest BCUT2D eigenvalue weighted by Crippen LogP contribution is 2.07. The van der Waals surface area contributed by atoms with Crippen LogP contribution in [-0.2, 0) is 28.7 Å². The van der Waals surface area contributed by atoms with Crippen molar-refractivity contribution in [2.24, 2.45) is 0 Å². The minimum absolute atomic E-state index is 0.0776. The quantitative estimate of drug-likeness (QED) is 0.483. The van der Waals surface area contributed by atoms with Crippen molar-refractivity contribution >= 4 is 23.8 Å². The van der Waals surface area contributed by atoms with Crippen molar-refractivity contribution in [1.82, 2.24) is 10.6 Å². The fourth-order valence-corrected chi connectivity index (χ4v) is 1.81. The zero-order chi connectivity index (χ0) is 15.8. The van der Waals surface area contributed by atoms with Gasteiger partial charge >= 0.3 is 11.9 Å². The largest absolute Gasteiger partial charge is 0.467 e. The van der Waals surface area contributed by atoms with Crippen molar-refractivity contribution in [3.8, 4) is 0 Å². The van der Waals surface area contributed by atoms with E-state index in [4.69, 9.17) is 0 Å². The van der Waals surface area contributed by atoms with Crippen molar-refractivity contribution in [3.63, 3.8) is 0 Å². The molecule has 1 rings (SSSR count). The van der Waals surface area contributed by atoms with E-state index < -0.39 is 29.9 Å². The maximum Gasteiger partial charge on any atom is 0.330 e. The Morgan fingerprint density at radius 1 is 1.38 bits per heavy atom. The van der Waals surface area contributed by atoms with Gasteiger partial charge in [-0.05, 0) is 12.8 Å². The van der Waals surface area contributed by atoms with Crippen LogP contribution in [0.1, 0.15) is 19.3 Å². The van der Waals surface area contributed by atoms with Crippen LogP contribution in [0.3, 0.4) is 0 Å². The molecule has 8 nitrogen and oxygen atoms in total. The predicted molar refractivity (Wildman–Crippen MR) is 70.9 cm³/mol. The number of rotatable bonds is 6. The zero-order valence-corrected chi connectivity index (χ0v) is 11.9. The highest BCUT2D eigenvalue weighted by atomic mass is 16.5. The molecule has 1 heterocycles. The van der Waals surface area contributed by atoms with Crippen molar-refractivity contribution in [1.29, 1.82) is 0 Å². The summed E-state index contributed by atoms with van der Waals surface area (Å²) in [6.07, 6.45) is 3.30. The topological polar surface area (TPSA) is 111 Å². The maximum atomic E-state index is 11.9. The van der Waals surface area contributed by atoms with E-state index in [1.54, 1.807) is 0 Å². The number of carbonyl (C=O) groups excluding carboxylic acids is 4. The first kappa shape index (κ1) is 16.7.